The molecule has 0 aliphatic carbocycles. The van der Waals surface area contributed by atoms with Gasteiger partial charge in [0.15, 0.2) is 15.1 Å². The molecule has 0 saturated heterocycles. The molecule has 1 atom stereocenters. The second kappa shape index (κ2) is 5.17. The molecule has 0 rings (SSSR count). The van der Waals surface area contributed by atoms with Crippen molar-refractivity contribution < 1.29 is 18.3 Å². The van der Waals surface area contributed by atoms with Gasteiger partial charge in [0.25, 0.3) is 0 Å². The van der Waals surface area contributed by atoms with Crippen LogP contribution in [0.1, 0.15) is 41.0 Å². The molecule has 0 radical (unpaired) electrons. The molecule has 0 aliphatic rings. The van der Waals surface area contributed by atoms with Gasteiger partial charge in [-0.1, -0.05) is 34.6 Å². The van der Waals surface area contributed by atoms with E-state index >= 15 is 0 Å². The summed E-state index contributed by atoms with van der Waals surface area (Å²) in [5, 5.41) is 7.65. The van der Waals surface area contributed by atoms with Crippen molar-refractivity contribution in [3.05, 3.63) is 0 Å². The van der Waals surface area contributed by atoms with Crippen LogP contribution in [0.5, 0.6) is 0 Å². The highest BCUT2D eigenvalue weighted by Crippen LogP contribution is 2.22. The highest BCUT2D eigenvalue weighted by molar-refractivity contribution is 7.92. The van der Waals surface area contributed by atoms with Crippen LogP contribution >= 0.6 is 0 Å². The van der Waals surface area contributed by atoms with E-state index in [0.717, 1.165) is 0 Å². The zero-order valence-corrected chi connectivity index (χ0v) is 11.5. The number of sulfone groups is 1. The van der Waals surface area contributed by atoms with Crippen molar-refractivity contribution >= 4 is 15.8 Å². The first-order valence-corrected chi connectivity index (χ1v) is 7.13. The maximum absolute atomic E-state index is 11.9. The van der Waals surface area contributed by atoms with E-state index in [1.807, 2.05) is 20.8 Å². The van der Waals surface area contributed by atoms with Crippen LogP contribution in [0, 0.1) is 11.3 Å². The molecule has 0 bridgehead atoms. The van der Waals surface area contributed by atoms with Crippen LogP contribution in [0.25, 0.3) is 0 Å². The Hall–Kier alpha value is -0.580. The number of aliphatic carboxylic acids is 1. The fourth-order valence-corrected chi connectivity index (χ4v) is 3.72. The molecule has 0 spiro atoms. The Bertz CT molecular complexity index is 335. The van der Waals surface area contributed by atoms with E-state index in [1.54, 1.807) is 13.8 Å². The Morgan fingerprint density at radius 2 is 1.69 bits per heavy atom. The van der Waals surface area contributed by atoms with E-state index in [-0.39, 0.29) is 11.2 Å². The van der Waals surface area contributed by atoms with Crippen LogP contribution in [0.2, 0.25) is 0 Å². The van der Waals surface area contributed by atoms with Crippen LogP contribution in [0.3, 0.4) is 0 Å². The van der Waals surface area contributed by atoms with Gasteiger partial charge in [0.05, 0.1) is 5.75 Å². The summed E-state index contributed by atoms with van der Waals surface area (Å²) in [6.45, 7) is 9.05. The third kappa shape index (κ3) is 4.96. The molecule has 0 aromatic heterocycles. The van der Waals surface area contributed by atoms with Crippen molar-refractivity contribution in [3.8, 4) is 0 Å². The van der Waals surface area contributed by atoms with Crippen LogP contribution in [-0.2, 0) is 14.6 Å². The highest BCUT2D eigenvalue weighted by atomic mass is 32.2. The Morgan fingerprint density at radius 3 is 1.94 bits per heavy atom. The minimum Gasteiger partial charge on any atom is -0.480 e. The fraction of sp³-hybridized carbons (Fsp3) is 0.909. The topological polar surface area (TPSA) is 71.4 Å². The zero-order valence-electron chi connectivity index (χ0n) is 10.6. The first-order valence-electron chi connectivity index (χ1n) is 5.42. The van der Waals surface area contributed by atoms with Crippen molar-refractivity contribution in [3.63, 3.8) is 0 Å². The van der Waals surface area contributed by atoms with Crippen molar-refractivity contribution in [1.29, 1.82) is 0 Å². The molecule has 0 fully saturated rings. The molecule has 1 N–H and O–H groups in total. The fourth-order valence-electron chi connectivity index (χ4n) is 1.43. The largest absolute Gasteiger partial charge is 0.480 e. The maximum atomic E-state index is 11.9. The van der Waals surface area contributed by atoms with Gasteiger partial charge in [0, 0.05) is 0 Å². The van der Waals surface area contributed by atoms with Gasteiger partial charge in [0.2, 0.25) is 0 Å². The van der Waals surface area contributed by atoms with Gasteiger partial charge < -0.3 is 5.11 Å². The molecule has 0 amide bonds. The molecular formula is C11H22O4S. The Kier molecular flexibility index (Phi) is 4.98. The molecule has 1 unspecified atom stereocenters. The first kappa shape index (κ1) is 15.4. The lowest BCUT2D eigenvalue weighted by Crippen LogP contribution is -2.37. The summed E-state index contributed by atoms with van der Waals surface area (Å²) in [5.74, 6) is -1.71. The minimum absolute atomic E-state index is 0.0638. The van der Waals surface area contributed by atoms with Gasteiger partial charge in [-0.3, -0.25) is 4.79 Å². The summed E-state index contributed by atoms with van der Waals surface area (Å²) in [4.78, 5) is 10.9. The molecule has 4 nitrogen and oxygen atoms in total. The summed E-state index contributed by atoms with van der Waals surface area (Å²) >= 11 is 0. The van der Waals surface area contributed by atoms with E-state index in [9.17, 15) is 13.2 Å². The van der Waals surface area contributed by atoms with E-state index in [4.69, 9.17) is 5.11 Å². The van der Waals surface area contributed by atoms with E-state index in [2.05, 4.69) is 0 Å². The second-order valence-electron chi connectivity index (χ2n) is 5.68. The van der Waals surface area contributed by atoms with Gasteiger partial charge in [0.1, 0.15) is 0 Å². The molecule has 0 aromatic carbocycles. The van der Waals surface area contributed by atoms with Gasteiger partial charge in [-0.05, 0) is 17.8 Å². The zero-order chi connectivity index (χ0) is 13.1. The van der Waals surface area contributed by atoms with Gasteiger partial charge in [-0.15, -0.1) is 0 Å². The summed E-state index contributed by atoms with van der Waals surface area (Å²) in [5.41, 5.74) is -0.104. The normalized spacial score (nSPS) is 15.1. The number of rotatable bonds is 5. The number of carboxylic acid groups (broad SMARTS) is 1. The third-order valence-corrected chi connectivity index (χ3v) is 4.67. The van der Waals surface area contributed by atoms with Crippen molar-refractivity contribution in [2.45, 2.75) is 46.3 Å². The maximum Gasteiger partial charge on any atom is 0.322 e. The first-order chi connectivity index (χ1) is 6.97. The third-order valence-electron chi connectivity index (χ3n) is 2.37. The van der Waals surface area contributed by atoms with Gasteiger partial charge >= 0.3 is 5.97 Å². The van der Waals surface area contributed by atoms with Gasteiger partial charge in [-0.25, -0.2) is 8.42 Å². The number of hydrogen-bond donors (Lipinski definition) is 1. The summed E-state index contributed by atoms with van der Waals surface area (Å²) in [6.07, 6.45) is 0.478. The standard InChI is InChI=1S/C11H22O4S/c1-8(2)9(10(12)13)16(14,15)7-6-11(3,4)5/h8-9H,6-7H2,1-5H3,(H,12,13). The molecule has 0 heterocycles. The number of carboxylic acids is 1. The van der Waals surface area contributed by atoms with Crippen molar-refractivity contribution in [1.82, 2.24) is 0 Å². The van der Waals surface area contributed by atoms with Crippen LogP contribution in [0.4, 0.5) is 0 Å². The van der Waals surface area contributed by atoms with Crippen LogP contribution < -0.4 is 0 Å². The predicted molar refractivity (Wildman–Crippen MR) is 64.1 cm³/mol. The summed E-state index contributed by atoms with van der Waals surface area (Å²) < 4.78 is 23.8. The average molecular weight is 250 g/mol. The van der Waals surface area contributed by atoms with Crippen LogP contribution in [-0.4, -0.2) is 30.5 Å². The Labute approximate surface area is 98.0 Å². The molecule has 0 aliphatic heterocycles. The average Bonchev–Trinajstić information content (AvgIpc) is 1.97. The van der Waals surface area contributed by atoms with E-state index < -0.39 is 27.0 Å². The summed E-state index contributed by atoms with van der Waals surface area (Å²) in [7, 11) is -3.55. The molecular weight excluding hydrogens is 228 g/mol. The van der Waals surface area contributed by atoms with Gasteiger partial charge in [-0.2, -0.15) is 0 Å². The minimum atomic E-state index is -3.55. The SMILES string of the molecule is CC(C)C(C(=O)O)S(=O)(=O)CCC(C)(C)C. The second-order valence-corrected chi connectivity index (χ2v) is 7.92. The summed E-state index contributed by atoms with van der Waals surface area (Å²) in [6, 6.07) is 0. The van der Waals surface area contributed by atoms with Crippen molar-refractivity contribution in [2.75, 3.05) is 5.75 Å². The molecule has 96 valence electrons. The lowest BCUT2D eigenvalue weighted by molar-refractivity contribution is -0.137. The predicted octanol–water partition coefficient (Wildman–Crippen LogP) is 1.95. The lowest BCUT2D eigenvalue weighted by Gasteiger charge is -2.21. The lowest BCUT2D eigenvalue weighted by atomic mass is 9.94. The highest BCUT2D eigenvalue weighted by Gasteiger charge is 2.35. The Balaban J connectivity index is 4.83. The number of carbonyl (C=O) groups is 1. The molecule has 0 aromatic rings. The van der Waals surface area contributed by atoms with Crippen LogP contribution in [0.15, 0.2) is 0 Å². The van der Waals surface area contributed by atoms with Crippen molar-refractivity contribution in [2.24, 2.45) is 11.3 Å². The monoisotopic (exact) mass is 250 g/mol. The molecule has 0 saturated carbocycles. The van der Waals surface area contributed by atoms with E-state index in [0.29, 0.717) is 6.42 Å². The quantitative estimate of drug-likeness (QED) is 0.809. The smallest absolute Gasteiger partial charge is 0.322 e. The van der Waals surface area contributed by atoms with E-state index in [1.165, 1.54) is 0 Å². The number of hydrogen-bond acceptors (Lipinski definition) is 3. The molecule has 5 heteroatoms. The Morgan fingerprint density at radius 1 is 1.25 bits per heavy atom. The molecule has 16 heavy (non-hydrogen) atoms.